The third kappa shape index (κ3) is 4.59. The van der Waals surface area contributed by atoms with Crippen LogP contribution in [0.5, 0.6) is 0 Å². The molecule has 0 aliphatic heterocycles. The van der Waals surface area contributed by atoms with E-state index in [4.69, 9.17) is 11.6 Å². The van der Waals surface area contributed by atoms with Crippen molar-refractivity contribution in [2.75, 3.05) is 10.6 Å². The van der Waals surface area contributed by atoms with Gasteiger partial charge < -0.3 is 15.7 Å². The third-order valence-electron chi connectivity index (χ3n) is 3.83. The highest BCUT2D eigenvalue weighted by Gasteiger charge is 2.11. The molecule has 7 heteroatoms. The molecule has 0 fully saturated rings. The number of aliphatic hydroxyl groups is 1. The Labute approximate surface area is 156 Å². The van der Waals surface area contributed by atoms with Gasteiger partial charge in [-0.2, -0.15) is 4.98 Å². The molecule has 0 radical (unpaired) electrons. The molecule has 0 aliphatic carbocycles. The monoisotopic (exact) mass is 412 g/mol. The number of rotatable bonds is 7. The van der Waals surface area contributed by atoms with Gasteiger partial charge in [-0.15, -0.1) is 0 Å². The highest BCUT2D eigenvalue weighted by molar-refractivity contribution is 9.10. The van der Waals surface area contributed by atoms with E-state index in [-0.39, 0.29) is 6.61 Å². The van der Waals surface area contributed by atoms with Gasteiger partial charge in [0.25, 0.3) is 0 Å². The summed E-state index contributed by atoms with van der Waals surface area (Å²) in [6, 6.07) is 3.96. The van der Waals surface area contributed by atoms with E-state index < -0.39 is 0 Å². The summed E-state index contributed by atoms with van der Waals surface area (Å²) < 4.78 is 0.693. The van der Waals surface area contributed by atoms with E-state index >= 15 is 0 Å². The highest BCUT2D eigenvalue weighted by Crippen LogP contribution is 2.31. The molecular weight excluding hydrogens is 392 g/mol. The van der Waals surface area contributed by atoms with Crippen molar-refractivity contribution in [3.63, 3.8) is 0 Å². The number of nitrogens with zero attached hydrogens (tertiary/aromatic N) is 2. The predicted molar refractivity (Wildman–Crippen MR) is 103 cm³/mol. The first-order valence-electron chi connectivity index (χ1n) is 7.94. The van der Waals surface area contributed by atoms with Crippen LogP contribution < -0.4 is 10.6 Å². The molecule has 24 heavy (non-hydrogen) atoms. The highest BCUT2D eigenvalue weighted by atomic mass is 79.9. The summed E-state index contributed by atoms with van der Waals surface area (Å²) in [7, 11) is 0. The molecule has 0 bridgehead atoms. The minimum absolute atomic E-state index is 0.105. The van der Waals surface area contributed by atoms with E-state index in [1.54, 1.807) is 12.3 Å². The van der Waals surface area contributed by atoms with Crippen LogP contribution in [-0.4, -0.2) is 21.1 Å². The summed E-state index contributed by atoms with van der Waals surface area (Å²) in [5.41, 5.74) is 2.43. The Morgan fingerprint density at radius 2 is 2.00 bits per heavy atom. The van der Waals surface area contributed by atoms with E-state index in [1.807, 2.05) is 13.0 Å². The first kappa shape index (κ1) is 19.0. The zero-order chi connectivity index (χ0) is 17.7. The van der Waals surface area contributed by atoms with Crippen LogP contribution in [0.2, 0.25) is 5.02 Å². The number of nitrogens with one attached hydrogen (secondary N) is 2. The second kappa shape index (κ2) is 8.65. The summed E-state index contributed by atoms with van der Waals surface area (Å²) in [6.07, 6.45) is 3.85. The maximum absolute atomic E-state index is 9.41. The Hall–Kier alpha value is -1.37. The van der Waals surface area contributed by atoms with Gasteiger partial charge >= 0.3 is 0 Å². The van der Waals surface area contributed by atoms with E-state index in [0.717, 1.165) is 29.9 Å². The van der Waals surface area contributed by atoms with Crippen LogP contribution in [0.1, 0.15) is 37.8 Å². The molecule has 0 saturated carbocycles. The Balaban J connectivity index is 2.26. The zero-order valence-corrected chi connectivity index (χ0v) is 16.4. The van der Waals surface area contributed by atoms with Crippen LogP contribution in [0.15, 0.2) is 22.8 Å². The van der Waals surface area contributed by atoms with Crippen LogP contribution in [0.3, 0.4) is 0 Å². The molecule has 3 N–H and O–H groups in total. The van der Waals surface area contributed by atoms with Gasteiger partial charge in [0.2, 0.25) is 5.95 Å². The molecule has 5 nitrogen and oxygen atoms in total. The molecule has 0 aliphatic rings. The fourth-order valence-corrected chi connectivity index (χ4v) is 2.89. The van der Waals surface area contributed by atoms with Crippen LogP contribution >= 0.6 is 27.5 Å². The number of aromatic nitrogens is 2. The second-order valence-electron chi connectivity index (χ2n) is 5.60. The molecule has 2 aromatic rings. The van der Waals surface area contributed by atoms with Crippen molar-refractivity contribution in [1.82, 2.24) is 9.97 Å². The SMILES string of the molecule is CCC(CC)Nc1nc(Nc2cc(Cl)c(Br)c(CO)c2)ncc1C. The van der Waals surface area contributed by atoms with Crippen LogP contribution in [0, 0.1) is 6.92 Å². The average Bonchev–Trinajstić information content (AvgIpc) is 2.58. The van der Waals surface area contributed by atoms with Gasteiger partial charge in [0.15, 0.2) is 0 Å². The molecule has 0 amide bonds. The number of hydrogen-bond acceptors (Lipinski definition) is 5. The van der Waals surface area contributed by atoms with Crippen molar-refractivity contribution < 1.29 is 5.11 Å². The van der Waals surface area contributed by atoms with Crippen molar-refractivity contribution in [2.24, 2.45) is 0 Å². The number of halogens is 2. The maximum Gasteiger partial charge on any atom is 0.229 e. The summed E-state index contributed by atoms with van der Waals surface area (Å²) >= 11 is 9.54. The predicted octanol–water partition coefficient (Wildman–Crippen LogP) is 5.04. The normalized spacial score (nSPS) is 11.0. The van der Waals surface area contributed by atoms with Crippen molar-refractivity contribution in [3.8, 4) is 0 Å². The van der Waals surface area contributed by atoms with Crippen LogP contribution in [0.4, 0.5) is 17.5 Å². The van der Waals surface area contributed by atoms with E-state index in [0.29, 0.717) is 27.0 Å². The number of aliphatic hydroxyl groups excluding tert-OH is 1. The first-order chi connectivity index (χ1) is 11.5. The summed E-state index contributed by atoms with van der Waals surface area (Å²) in [5, 5.41) is 16.5. The molecule has 1 aromatic carbocycles. The standard InChI is InChI=1S/C17H22BrClN4O/c1-4-12(5-2)21-16-10(3)8-20-17(23-16)22-13-6-11(9-24)15(18)14(19)7-13/h6-8,12,24H,4-5,9H2,1-3H3,(H2,20,21,22,23). The Kier molecular flexibility index (Phi) is 6.83. The van der Waals surface area contributed by atoms with Gasteiger partial charge in [0.05, 0.1) is 11.6 Å². The van der Waals surface area contributed by atoms with E-state index in [1.165, 1.54) is 0 Å². The first-order valence-corrected chi connectivity index (χ1v) is 9.11. The topological polar surface area (TPSA) is 70.1 Å². The molecule has 0 saturated heterocycles. The molecule has 1 heterocycles. The van der Waals surface area contributed by atoms with Gasteiger partial charge in [-0.05, 0) is 53.4 Å². The Bertz CT molecular complexity index is 707. The number of aryl methyl sites for hydroxylation is 1. The number of hydrogen-bond donors (Lipinski definition) is 3. The van der Waals surface area contributed by atoms with Gasteiger partial charge in [0, 0.05) is 28.0 Å². The molecule has 0 atom stereocenters. The molecule has 130 valence electrons. The van der Waals surface area contributed by atoms with Crippen molar-refractivity contribution in [1.29, 1.82) is 0 Å². The van der Waals surface area contributed by atoms with Gasteiger partial charge in [0.1, 0.15) is 5.82 Å². The number of anilines is 3. The van der Waals surface area contributed by atoms with E-state index in [9.17, 15) is 5.11 Å². The third-order valence-corrected chi connectivity index (χ3v) is 5.29. The fourth-order valence-electron chi connectivity index (χ4n) is 2.30. The lowest BCUT2D eigenvalue weighted by Gasteiger charge is -2.17. The summed E-state index contributed by atoms with van der Waals surface area (Å²) in [5.74, 6) is 1.31. The van der Waals surface area contributed by atoms with Crippen molar-refractivity contribution in [2.45, 2.75) is 46.3 Å². The van der Waals surface area contributed by atoms with Gasteiger partial charge in [-0.3, -0.25) is 0 Å². The molecule has 0 spiro atoms. The second-order valence-corrected chi connectivity index (χ2v) is 6.80. The zero-order valence-electron chi connectivity index (χ0n) is 14.0. The lowest BCUT2D eigenvalue weighted by molar-refractivity contribution is 0.281. The van der Waals surface area contributed by atoms with Gasteiger partial charge in [-0.25, -0.2) is 4.98 Å². The minimum atomic E-state index is -0.105. The van der Waals surface area contributed by atoms with E-state index in [2.05, 4.69) is 50.4 Å². The Morgan fingerprint density at radius 3 is 2.62 bits per heavy atom. The largest absolute Gasteiger partial charge is 0.392 e. The molecule has 2 rings (SSSR count). The number of benzene rings is 1. The summed E-state index contributed by atoms with van der Waals surface area (Å²) in [4.78, 5) is 8.88. The average molecular weight is 414 g/mol. The minimum Gasteiger partial charge on any atom is -0.392 e. The lowest BCUT2D eigenvalue weighted by atomic mass is 10.1. The molecule has 1 aromatic heterocycles. The van der Waals surface area contributed by atoms with Crippen molar-refractivity contribution in [3.05, 3.63) is 39.0 Å². The van der Waals surface area contributed by atoms with Crippen LogP contribution in [0.25, 0.3) is 0 Å². The van der Waals surface area contributed by atoms with Crippen LogP contribution in [-0.2, 0) is 6.61 Å². The summed E-state index contributed by atoms with van der Waals surface area (Å²) in [6.45, 7) is 6.18. The quantitative estimate of drug-likeness (QED) is 0.593. The maximum atomic E-state index is 9.41. The Morgan fingerprint density at radius 1 is 1.29 bits per heavy atom. The lowest BCUT2D eigenvalue weighted by Crippen LogP contribution is -2.19. The fraction of sp³-hybridized carbons (Fsp3) is 0.412. The molecular formula is C17H22BrClN4O. The van der Waals surface area contributed by atoms with Gasteiger partial charge in [-0.1, -0.05) is 25.4 Å². The smallest absolute Gasteiger partial charge is 0.229 e. The van der Waals surface area contributed by atoms with Crippen molar-refractivity contribution >= 4 is 45.0 Å². The molecule has 0 unspecified atom stereocenters.